The predicted molar refractivity (Wildman–Crippen MR) is 67.3 cm³/mol. The number of aryl methyl sites for hydroxylation is 1. The molecule has 0 N–H and O–H groups in total. The van der Waals surface area contributed by atoms with E-state index in [0.717, 1.165) is 11.1 Å². The Kier molecular flexibility index (Phi) is 4.56. The van der Waals surface area contributed by atoms with Gasteiger partial charge in [0.25, 0.3) is 0 Å². The summed E-state index contributed by atoms with van der Waals surface area (Å²) in [5.74, 6) is -0.190. The second kappa shape index (κ2) is 5.56. The van der Waals surface area contributed by atoms with Crippen molar-refractivity contribution in [2.45, 2.75) is 26.9 Å². The summed E-state index contributed by atoms with van der Waals surface area (Å²) in [6.07, 6.45) is -4.41. The average Bonchev–Trinajstić information content (AvgIpc) is 2.68. The molecule has 0 saturated carbocycles. The molecule has 100 valence electrons. The Balaban J connectivity index is 0.000000771. The molecule has 2 aromatic rings. The quantitative estimate of drug-likeness (QED) is 0.756. The van der Waals surface area contributed by atoms with Crippen LogP contribution in [0.1, 0.15) is 24.4 Å². The number of ether oxygens (including phenoxy) is 1. The topological polar surface area (TPSA) is 22.1 Å². The van der Waals surface area contributed by atoms with Crippen molar-refractivity contribution < 1.29 is 17.9 Å². The molecule has 2 nitrogen and oxygen atoms in total. The van der Waals surface area contributed by atoms with E-state index in [1.54, 1.807) is 6.92 Å². The monoisotopic (exact) mass is 277 g/mol. The van der Waals surface area contributed by atoms with E-state index in [1.807, 2.05) is 13.8 Å². The molecule has 1 aromatic carbocycles. The van der Waals surface area contributed by atoms with Crippen LogP contribution in [0.3, 0.4) is 0 Å². The van der Waals surface area contributed by atoms with E-state index in [0.29, 0.717) is 10.2 Å². The van der Waals surface area contributed by atoms with Crippen molar-refractivity contribution in [1.82, 2.24) is 4.98 Å². The number of rotatable bonds is 1. The van der Waals surface area contributed by atoms with Gasteiger partial charge in [-0.2, -0.15) is 13.2 Å². The highest BCUT2D eigenvalue weighted by molar-refractivity contribution is 7.18. The summed E-state index contributed by atoms with van der Waals surface area (Å²) in [4.78, 5) is 4.12. The minimum Gasteiger partial charge on any atom is -0.496 e. The third-order valence-corrected chi connectivity index (χ3v) is 3.06. The molecule has 0 bridgehead atoms. The van der Waals surface area contributed by atoms with E-state index < -0.39 is 11.7 Å². The zero-order valence-corrected chi connectivity index (χ0v) is 11.4. The van der Waals surface area contributed by atoms with Gasteiger partial charge in [0.2, 0.25) is 0 Å². The third-order valence-electron chi connectivity index (χ3n) is 2.12. The van der Waals surface area contributed by atoms with Gasteiger partial charge in [0.1, 0.15) is 5.75 Å². The lowest BCUT2D eigenvalue weighted by Crippen LogP contribution is -2.07. The zero-order chi connectivity index (χ0) is 13.9. The Morgan fingerprint density at radius 2 is 1.83 bits per heavy atom. The van der Waals surface area contributed by atoms with Crippen LogP contribution in [0.15, 0.2) is 12.1 Å². The van der Waals surface area contributed by atoms with Crippen LogP contribution < -0.4 is 4.74 Å². The number of halogens is 3. The molecular weight excluding hydrogens is 263 g/mol. The first-order chi connectivity index (χ1) is 8.41. The van der Waals surface area contributed by atoms with Crippen molar-refractivity contribution in [1.29, 1.82) is 0 Å². The maximum atomic E-state index is 12.7. The van der Waals surface area contributed by atoms with E-state index in [9.17, 15) is 13.2 Å². The van der Waals surface area contributed by atoms with Crippen molar-refractivity contribution in [2.75, 3.05) is 7.11 Å². The van der Waals surface area contributed by atoms with Gasteiger partial charge in [-0.25, -0.2) is 4.98 Å². The van der Waals surface area contributed by atoms with Gasteiger partial charge in [0.05, 0.1) is 27.9 Å². The third kappa shape index (κ3) is 2.93. The van der Waals surface area contributed by atoms with E-state index in [-0.39, 0.29) is 5.75 Å². The summed E-state index contributed by atoms with van der Waals surface area (Å²) in [5, 5.41) is 0.733. The lowest BCUT2D eigenvalue weighted by atomic mass is 10.2. The molecule has 0 aliphatic rings. The Morgan fingerprint density at radius 3 is 2.33 bits per heavy atom. The van der Waals surface area contributed by atoms with Crippen LogP contribution in [-0.2, 0) is 6.18 Å². The molecule has 0 atom stereocenters. The molecule has 0 amide bonds. The molecule has 6 heteroatoms. The molecule has 0 saturated heterocycles. The normalized spacial score (nSPS) is 11.1. The molecule has 0 aliphatic heterocycles. The van der Waals surface area contributed by atoms with E-state index in [2.05, 4.69) is 4.98 Å². The Morgan fingerprint density at radius 1 is 1.22 bits per heavy atom. The molecule has 0 radical (unpaired) electrons. The molecule has 2 rings (SSSR count). The zero-order valence-electron chi connectivity index (χ0n) is 10.6. The summed E-state index contributed by atoms with van der Waals surface area (Å²) in [7, 11) is 1.22. The maximum absolute atomic E-state index is 12.7. The lowest BCUT2D eigenvalue weighted by molar-refractivity contribution is -0.138. The highest BCUT2D eigenvalue weighted by Gasteiger charge is 2.34. The fourth-order valence-corrected chi connectivity index (χ4v) is 2.31. The smallest absolute Gasteiger partial charge is 0.420 e. The van der Waals surface area contributed by atoms with Gasteiger partial charge in [-0.3, -0.25) is 0 Å². The number of fused-ring (bicyclic) bond motifs is 1. The van der Waals surface area contributed by atoms with Crippen molar-refractivity contribution in [3.05, 3.63) is 22.7 Å². The van der Waals surface area contributed by atoms with E-state index >= 15 is 0 Å². The van der Waals surface area contributed by atoms with Crippen LogP contribution in [0.2, 0.25) is 0 Å². The average molecular weight is 277 g/mol. The molecule has 0 fully saturated rings. The van der Waals surface area contributed by atoms with Gasteiger partial charge in [0, 0.05) is 6.07 Å². The first-order valence-electron chi connectivity index (χ1n) is 5.44. The fourth-order valence-electron chi connectivity index (χ4n) is 1.46. The van der Waals surface area contributed by atoms with Gasteiger partial charge in [-0.15, -0.1) is 11.3 Å². The van der Waals surface area contributed by atoms with Gasteiger partial charge in [-0.05, 0) is 13.0 Å². The Bertz CT molecular complexity index is 534. The van der Waals surface area contributed by atoms with Gasteiger partial charge >= 0.3 is 6.18 Å². The van der Waals surface area contributed by atoms with Crippen LogP contribution in [0.25, 0.3) is 10.2 Å². The SMILES string of the molecule is CC.COc1cc2nc(C)sc2cc1C(F)(F)F. The number of thiazole rings is 1. The van der Waals surface area contributed by atoms with E-state index in [1.165, 1.54) is 24.5 Å². The highest BCUT2D eigenvalue weighted by atomic mass is 32.1. The summed E-state index contributed by atoms with van der Waals surface area (Å²) in [5.41, 5.74) is -0.224. The molecule has 0 unspecified atom stereocenters. The number of methoxy groups -OCH3 is 1. The highest BCUT2D eigenvalue weighted by Crippen LogP contribution is 2.39. The van der Waals surface area contributed by atoms with Gasteiger partial charge in [0.15, 0.2) is 0 Å². The largest absolute Gasteiger partial charge is 0.496 e. The van der Waals surface area contributed by atoms with Crippen LogP contribution in [-0.4, -0.2) is 12.1 Å². The molecule has 0 aliphatic carbocycles. The van der Waals surface area contributed by atoms with Crippen LogP contribution in [0, 0.1) is 6.92 Å². The first-order valence-corrected chi connectivity index (χ1v) is 6.26. The molecule has 1 aromatic heterocycles. The van der Waals surface area contributed by atoms with Crippen LogP contribution in [0.4, 0.5) is 13.2 Å². The number of hydrogen-bond acceptors (Lipinski definition) is 3. The standard InChI is InChI=1S/C10H8F3NOS.C2H6/c1-5-14-7-4-8(15-2)6(10(11,12)13)3-9(7)16-5;1-2/h3-4H,1-2H3;1-2H3. The summed E-state index contributed by atoms with van der Waals surface area (Å²) in [6, 6.07) is 2.40. The Labute approximate surface area is 107 Å². The van der Waals surface area contributed by atoms with Crippen LogP contribution in [0.5, 0.6) is 5.75 Å². The Hall–Kier alpha value is -1.30. The predicted octanol–water partition coefficient (Wildman–Crippen LogP) is 4.66. The summed E-state index contributed by atoms with van der Waals surface area (Å²) < 4.78 is 43.3. The second-order valence-corrected chi connectivity index (χ2v) is 4.49. The van der Waals surface area contributed by atoms with Crippen molar-refractivity contribution in [3.8, 4) is 5.75 Å². The maximum Gasteiger partial charge on any atom is 0.420 e. The fraction of sp³-hybridized carbons (Fsp3) is 0.417. The minimum atomic E-state index is -4.41. The number of aromatic nitrogens is 1. The molecular formula is C12H14F3NOS. The van der Waals surface area contributed by atoms with Crippen LogP contribution >= 0.6 is 11.3 Å². The molecule has 0 spiro atoms. The number of hydrogen-bond donors (Lipinski definition) is 0. The van der Waals surface area contributed by atoms with Crippen molar-refractivity contribution in [2.24, 2.45) is 0 Å². The van der Waals surface area contributed by atoms with Crippen molar-refractivity contribution >= 4 is 21.6 Å². The summed E-state index contributed by atoms with van der Waals surface area (Å²) >= 11 is 1.23. The lowest BCUT2D eigenvalue weighted by Gasteiger charge is -2.11. The van der Waals surface area contributed by atoms with E-state index in [4.69, 9.17) is 4.74 Å². The number of alkyl halides is 3. The van der Waals surface area contributed by atoms with Crippen molar-refractivity contribution in [3.63, 3.8) is 0 Å². The number of benzene rings is 1. The van der Waals surface area contributed by atoms with Gasteiger partial charge in [-0.1, -0.05) is 13.8 Å². The first kappa shape index (κ1) is 14.8. The second-order valence-electron chi connectivity index (χ2n) is 3.25. The molecule has 18 heavy (non-hydrogen) atoms. The minimum absolute atomic E-state index is 0.190. The summed E-state index contributed by atoms with van der Waals surface area (Å²) in [6.45, 7) is 5.75. The van der Waals surface area contributed by atoms with Gasteiger partial charge < -0.3 is 4.74 Å². The number of nitrogens with zero attached hydrogens (tertiary/aromatic N) is 1. The molecule has 1 heterocycles.